The predicted molar refractivity (Wildman–Crippen MR) is 83.0 cm³/mol. The van der Waals surface area contributed by atoms with Gasteiger partial charge in [-0.1, -0.05) is 41.9 Å². The maximum absolute atomic E-state index is 11.6. The van der Waals surface area contributed by atoms with Crippen LogP contribution < -0.4 is 4.18 Å². The number of para-hydroxylation sites is 1. The molecule has 0 fully saturated rings. The maximum atomic E-state index is 11.6. The molecule has 0 aromatic heterocycles. The summed E-state index contributed by atoms with van der Waals surface area (Å²) in [6.07, 6.45) is 3.41. The summed E-state index contributed by atoms with van der Waals surface area (Å²) in [5.74, 6) is 0.281. The van der Waals surface area contributed by atoms with Crippen molar-refractivity contribution in [2.75, 3.05) is 0 Å². The number of benzene rings is 2. The van der Waals surface area contributed by atoms with Gasteiger partial charge in [-0.05, 0) is 35.9 Å². The molecular formula is C15H10ClNO3S. The first-order chi connectivity index (χ1) is 10.0. The third kappa shape index (κ3) is 3.15. The molecule has 1 aliphatic rings. The fourth-order valence-electron chi connectivity index (χ4n) is 1.92. The first kappa shape index (κ1) is 13.9. The Labute approximate surface area is 127 Å². The zero-order chi connectivity index (χ0) is 14.9. The average Bonchev–Trinajstić information content (AvgIpc) is 2.45. The number of fused-ring (bicyclic) bond motifs is 1. The van der Waals surface area contributed by atoms with E-state index in [9.17, 15) is 8.42 Å². The Balaban J connectivity index is 2.00. The quantitative estimate of drug-likeness (QED) is 0.851. The Kier molecular flexibility index (Phi) is 3.53. The van der Waals surface area contributed by atoms with Gasteiger partial charge in [0.15, 0.2) is 5.75 Å². The lowest BCUT2D eigenvalue weighted by molar-refractivity contribution is 0.485. The lowest BCUT2D eigenvalue weighted by Crippen LogP contribution is -2.17. The molecule has 0 amide bonds. The van der Waals surface area contributed by atoms with Crippen LogP contribution in [0.5, 0.6) is 5.75 Å². The number of halogens is 1. The van der Waals surface area contributed by atoms with Crippen LogP contribution in [0.1, 0.15) is 11.1 Å². The van der Waals surface area contributed by atoms with Gasteiger partial charge in [0.2, 0.25) is 0 Å². The molecule has 2 aromatic carbocycles. The first-order valence-corrected chi connectivity index (χ1v) is 7.85. The largest absolute Gasteiger partial charge is 0.429 e. The van der Waals surface area contributed by atoms with Crippen molar-refractivity contribution in [3.8, 4) is 5.75 Å². The summed E-state index contributed by atoms with van der Waals surface area (Å²) in [6.45, 7) is 0. The SMILES string of the molecule is O=S1(=O)N=C(/C=C/c2ccc(Cl)cc2)c2ccccc2O1. The van der Waals surface area contributed by atoms with Gasteiger partial charge in [0.25, 0.3) is 0 Å². The molecule has 1 aliphatic heterocycles. The van der Waals surface area contributed by atoms with Gasteiger partial charge < -0.3 is 4.18 Å². The van der Waals surface area contributed by atoms with Crippen molar-refractivity contribution >= 4 is 33.7 Å². The highest BCUT2D eigenvalue weighted by Gasteiger charge is 2.22. The molecule has 1 heterocycles. The molecule has 0 saturated heterocycles. The zero-order valence-electron chi connectivity index (χ0n) is 10.7. The standard InChI is InChI=1S/C15H10ClNO3S/c16-12-8-5-11(6-9-12)7-10-14-13-3-1-2-4-15(13)20-21(18,19)17-14/h1-10H/b10-7+. The molecule has 0 bridgehead atoms. The molecule has 0 saturated carbocycles. The zero-order valence-corrected chi connectivity index (χ0v) is 12.3. The van der Waals surface area contributed by atoms with Crippen LogP contribution in [-0.4, -0.2) is 14.1 Å². The van der Waals surface area contributed by atoms with E-state index < -0.39 is 10.3 Å². The van der Waals surface area contributed by atoms with Crippen LogP contribution in [-0.2, 0) is 10.3 Å². The molecule has 3 rings (SSSR count). The third-order valence-electron chi connectivity index (χ3n) is 2.87. The second-order valence-corrected chi connectivity index (χ2v) is 6.01. The lowest BCUT2D eigenvalue weighted by Gasteiger charge is -2.14. The maximum Gasteiger partial charge on any atom is 0.429 e. The minimum atomic E-state index is -3.94. The van der Waals surface area contributed by atoms with Gasteiger partial charge >= 0.3 is 10.3 Å². The van der Waals surface area contributed by atoms with E-state index in [1.807, 2.05) is 12.1 Å². The van der Waals surface area contributed by atoms with Crippen LogP contribution in [0.15, 0.2) is 59.0 Å². The minimum Gasteiger partial charge on any atom is -0.365 e. The van der Waals surface area contributed by atoms with Crippen molar-refractivity contribution in [2.45, 2.75) is 0 Å². The minimum absolute atomic E-state index is 0.281. The molecule has 4 nitrogen and oxygen atoms in total. The average molecular weight is 320 g/mol. The summed E-state index contributed by atoms with van der Waals surface area (Å²) < 4.78 is 31.7. The Hall–Kier alpha value is -2.11. The van der Waals surface area contributed by atoms with E-state index >= 15 is 0 Å². The summed E-state index contributed by atoms with van der Waals surface area (Å²) >= 11 is 5.82. The van der Waals surface area contributed by atoms with Gasteiger partial charge in [-0.15, -0.1) is 4.40 Å². The molecule has 21 heavy (non-hydrogen) atoms. The van der Waals surface area contributed by atoms with E-state index in [1.54, 1.807) is 48.6 Å². The van der Waals surface area contributed by atoms with Crippen molar-refractivity contribution in [3.63, 3.8) is 0 Å². The van der Waals surface area contributed by atoms with Gasteiger partial charge in [0.1, 0.15) is 0 Å². The number of hydrogen-bond donors (Lipinski definition) is 0. The van der Waals surface area contributed by atoms with E-state index in [0.29, 0.717) is 16.3 Å². The van der Waals surface area contributed by atoms with Gasteiger partial charge in [-0.2, -0.15) is 8.42 Å². The van der Waals surface area contributed by atoms with Crippen molar-refractivity contribution in [3.05, 3.63) is 70.8 Å². The second kappa shape index (κ2) is 5.35. The van der Waals surface area contributed by atoms with Crippen LogP contribution in [0.25, 0.3) is 6.08 Å². The van der Waals surface area contributed by atoms with Crippen LogP contribution in [0, 0.1) is 0 Å². The van der Waals surface area contributed by atoms with Gasteiger partial charge in [0.05, 0.1) is 5.71 Å². The Morgan fingerprint density at radius 1 is 1.00 bits per heavy atom. The monoisotopic (exact) mass is 319 g/mol. The van der Waals surface area contributed by atoms with Crippen molar-refractivity contribution in [1.82, 2.24) is 0 Å². The molecule has 0 N–H and O–H groups in total. The smallest absolute Gasteiger partial charge is 0.365 e. The Morgan fingerprint density at radius 3 is 2.48 bits per heavy atom. The summed E-state index contributed by atoms with van der Waals surface area (Å²) in [4.78, 5) is 0. The van der Waals surface area contributed by atoms with Crippen LogP contribution in [0.4, 0.5) is 0 Å². The molecule has 0 spiro atoms. The number of hydrogen-bond acceptors (Lipinski definition) is 3. The predicted octanol–water partition coefficient (Wildman–Crippen LogP) is 3.48. The Morgan fingerprint density at radius 2 is 1.71 bits per heavy atom. The van der Waals surface area contributed by atoms with Crippen LogP contribution in [0.2, 0.25) is 5.02 Å². The fourth-order valence-corrected chi connectivity index (χ4v) is 2.86. The fraction of sp³-hybridized carbons (Fsp3) is 0. The first-order valence-electron chi connectivity index (χ1n) is 6.11. The highest BCUT2D eigenvalue weighted by molar-refractivity contribution is 7.86. The molecule has 6 heteroatoms. The summed E-state index contributed by atoms with van der Waals surface area (Å²) in [5.41, 5.74) is 1.87. The van der Waals surface area contributed by atoms with E-state index in [1.165, 1.54) is 0 Å². The van der Waals surface area contributed by atoms with Crippen LogP contribution in [0.3, 0.4) is 0 Å². The van der Waals surface area contributed by atoms with E-state index in [-0.39, 0.29) is 5.75 Å². The molecular weight excluding hydrogens is 310 g/mol. The summed E-state index contributed by atoms with van der Waals surface area (Å²) in [7, 11) is -3.94. The van der Waals surface area contributed by atoms with Gasteiger partial charge in [-0.25, -0.2) is 0 Å². The normalized spacial score (nSPS) is 16.1. The molecule has 106 valence electrons. The highest BCUT2D eigenvalue weighted by Crippen LogP contribution is 2.26. The summed E-state index contributed by atoms with van der Waals surface area (Å²) in [5, 5.41) is 0.642. The van der Waals surface area contributed by atoms with E-state index in [0.717, 1.165) is 5.56 Å². The van der Waals surface area contributed by atoms with Crippen molar-refractivity contribution in [1.29, 1.82) is 0 Å². The third-order valence-corrected chi connectivity index (χ3v) is 3.93. The lowest BCUT2D eigenvalue weighted by atomic mass is 10.1. The molecule has 0 radical (unpaired) electrons. The second-order valence-electron chi connectivity index (χ2n) is 4.37. The van der Waals surface area contributed by atoms with Crippen LogP contribution >= 0.6 is 11.6 Å². The number of nitrogens with zero attached hydrogens (tertiary/aromatic N) is 1. The highest BCUT2D eigenvalue weighted by atomic mass is 35.5. The van der Waals surface area contributed by atoms with Crippen molar-refractivity contribution in [2.24, 2.45) is 4.40 Å². The van der Waals surface area contributed by atoms with E-state index in [4.69, 9.17) is 15.8 Å². The number of allylic oxidation sites excluding steroid dienone is 1. The van der Waals surface area contributed by atoms with Gasteiger partial charge in [-0.3, -0.25) is 0 Å². The topological polar surface area (TPSA) is 55.7 Å². The molecule has 2 aromatic rings. The van der Waals surface area contributed by atoms with E-state index in [2.05, 4.69) is 4.40 Å². The molecule has 0 aliphatic carbocycles. The van der Waals surface area contributed by atoms with Gasteiger partial charge in [0, 0.05) is 10.6 Å². The van der Waals surface area contributed by atoms with Crippen molar-refractivity contribution < 1.29 is 12.6 Å². The number of rotatable bonds is 2. The Bertz CT molecular complexity index is 839. The molecule has 0 unspecified atom stereocenters. The summed E-state index contributed by atoms with van der Waals surface area (Å²) in [6, 6.07) is 14.0. The molecule has 0 atom stereocenters.